The number of aliphatic hydroxyl groups excluding tert-OH is 1. The van der Waals surface area contributed by atoms with Gasteiger partial charge in [0.15, 0.2) is 0 Å². The molecule has 0 spiro atoms. The number of hydrogen-bond acceptors (Lipinski definition) is 2. The number of carboxylic acids is 1. The highest BCUT2D eigenvalue weighted by Crippen LogP contribution is 2.14. The average molecular weight is 272 g/mol. The van der Waals surface area contributed by atoms with Crippen molar-refractivity contribution in [3.63, 3.8) is 0 Å². The molecule has 0 aliphatic rings. The molecule has 19 heavy (non-hydrogen) atoms. The van der Waals surface area contributed by atoms with E-state index in [-0.39, 0.29) is 5.92 Å². The third kappa shape index (κ3) is 13.7. The Kier molecular flexibility index (Phi) is 13.4. The molecule has 0 rings (SSSR count). The maximum absolute atomic E-state index is 10.6. The molecule has 0 heterocycles. The summed E-state index contributed by atoms with van der Waals surface area (Å²) in [6.45, 7) is 2.12. The van der Waals surface area contributed by atoms with Crippen LogP contribution in [0.15, 0.2) is 0 Å². The van der Waals surface area contributed by atoms with Crippen molar-refractivity contribution >= 4 is 5.97 Å². The van der Waals surface area contributed by atoms with Crippen LogP contribution in [0, 0.1) is 5.92 Å². The molecule has 1 unspecified atom stereocenters. The predicted octanol–water partition coefficient (Wildman–Crippen LogP) is 4.38. The molecule has 3 nitrogen and oxygen atoms in total. The highest BCUT2D eigenvalue weighted by atomic mass is 16.4. The van der Waals surface area contributed by atoms with Gasteiger partial charge in [-0.05, 0) is 12.8 Å². The summed E-state index contributed by atoms with van der Waals surface area (Å²) in [5.41, 5.74) is 0. The first-order valence-electron chi connectivity index (χ1n) is 8.02. The van der Waals surface area contributed by atoms with Crippen LogP contribution >= 0.6 is 0 Å². The maximum atomic E-state index is 10.6. The molecule has 0 aromatic rings. The summed E-state index contributed by atoms with van der Waals surface area (Å²) in [4.78, 5) is 10.6. The van der Waals surface area contributed by atoms with E-state index in [0.717, 1.165) is 25.7 Å². The molecule has 1 atom stereocenters. The van der Waals surface area contributed by atoms with Gasteiger partial charge in [0.2, 0.25) is 0 Å². The van der Waals surface area contributed by atoms with Crippen LogP contribution in [-0.2, 0) is 4.79 Å². The van der Waals surface area contributed by atoms with Gasteiger partial charge in [0.05, 0.1) is 5.92 Å². The number of rotatable bonds is 14. The molecule has 0 aromatic heterocycles. The Bertz CT molecular complexity index is 204. The molecule has 3 heteroatoms. The van der Waals surface area contributed by atoms with Gasteiger partial charge in [-0.2, -0.15) is 0 Å². The Hall–Kier alpha value is -0.570. The van der Waals surface area contributed by atoms with Crippen LogP contribution in [0.3, 0.4) is 0 Å². The summed E-state index contributed by atoms with van der Waals surface area (Å²) in [5.74, 6) is -0.847. The Morgan fingerprint density at radius 3 is 1.53 bits per heavy atom. The zero-order valence-corrected chi connectivity index (χ0v) is 12.6. The normalized spacial score (nSPS) is 12.5. The van der Waals surface area contributed by atoms with Gasteiger partial charge in [0, 0.05) is 6.61 Å². The van der Waals surface area contributed by atoms with Crippen molar-refractivity contribution in [3.8, 4) is 0 Å². The lowest BCUT2D eigenvalue weighted by molar-refractivity contribution is -0.141. The van der Waals surface area contributed by atoms with E-state index in [1.807, 2.05) is 0 Å². The van der Waals surface area contributed by atoms with Gasteiger partial charge in [-0.25, -0.2) is 0 Å². The van der Waals surface area contributed by atoms with Gasteiger partial charge < -0.3 is 10.2 Å². The molecular weight excluding hydrogens is 240 g/mol. The molecule has 0 aliphatic heterocycles. The van der Waals surface area contributed by atoms with E-state index in [4.69, 9.17) is 10.2 Å². The number of unbranched alkanes of at least 4 members (excludes halogenated alkanes) is 10. The van der Waals surface area contributed by atoms with Crippen LogP contribution in [0.2, 0.25) is 0 Å². The van der Waals surface area contributed by atoms with Gasteiger partial charge in [-0.1, -0.05) is 71.1 Å². The molecule has 0 aliphatic carbocycles. The van der Waals surface area contributed by atoms with E-state index in [9.17, 15) is 4.79 Å². The SMILES string of the molecule is CC(CCCCCCCCCCCCCO)C(=O)O. The molecule has 0 aromatic carbocycles. The Morgan fingerprint density at radius 2 is 1.16 bits per heavy atom. The summed E-state index contributed by atoms with van der Waals surface area (Å²) in [6.07, 6.45) is 14.2. The van der Waals surface area contributed by atoms with Gasteiger partial charge in [0.25, 0.3) is 0 Å². The lowest BCUT2D eigenvalue weighted by Crippen LogP contribution is -2.08. The number of carbonyl (C=O) groups is 1. The standard InChI is InChI=1S/C16H32O3/c1-15(16(18)19)13-11-9-7-5-3-2-4-6-8-10-12-14-17/h15,17H,2-14H2,1H3,(H,18,19). The second-order valence-corrected chi connectivity index (χ2v) is 5.64. The van der Waals surface area contributed by atoms with Crippen LogP contribution in [-0.4, -0.2) is 22.8 Å². The smallest absolute Gasteiger partial charge is 0.306 e. The van der Waals surface area contributed by atoms with Gasteiger partial charge >= 0.3 is 5.97 Å². The van der Waals surface area contributed by atoms with Crippen molar-refractivity contribution in [2.45, 2.75) is 84.0 Å². The van der Waals surface area contributed by atoms with Crippen LogP contribution in [0.25, 0.3) is 0 Å². The number of hydrogen-bond donors (Lipinski definition) is 2. The van der Waals surface area contributed by atoms with Gasteiger partial charge in [-0.3, -0.25) is 4.79 Å². The number of carboxylic acid groups (broad SMARTS) is 1. The summed E-state index contributed by atoms with van der Waals surface area (Å²) in [6, 6.07) is 0. The summed E-state index contributed by atoms with van der Waals surface area (Å²) in [5, 5.41) is 17.4. The molecule has 0 bridgehead atoms. The van der Waals surface area contributed by atoms with Crippen LogP contribution < -0.4 is 0 Å². The molecule has 0 fully saturated rings. The van der Waals surface area contributed by atoms with Crippen molar-refractivity contribution in [2.75, 3.05) is 6.61 Å². The second-order valence-electron chi connectivity index (χ2n) is 5.64. The molecule has 0 saturated carbocycles. The first kappa shape index (κ1) is 18.4. The van der Waals surface area contributed by atoms with E-state index >= 15 is 0 Å². The lowest BCUT2D eigenvalue weighted by Gasteiger charge is -2.05. The van der Waals surface area contributed by atoms with E-state index < -0.39 is 5.97 Å². The average Bonchev–Trinajstić information content (AvgIpc) is 2.39. The zero-order chi connectivity index (χ0) is 14.3. The summed E-state index contributed by atoms with van der Waals surface area (Å²) >= 11 is 0. The van der Waals surface area contributed by atoms with E-state index in [1.165, 1.54) is 51.4 Å². The van der Waals surface area contributed by atoms with E-state index in [1.54, 1.807) is 6.92 Å². The van der Waals surface area contributed by atoms with Crippen LogP contribution in [0.4, 0.5) is 0 Å². The molecule has 0 radical (unpaired) electrons. The third-order valence-corrected chi connectivity index (χ3v) is 3.72. The summed E-state index contributed by atoms with van der Waals surface area (Å²) < 4.78 is 0. The quantitative estimate of drug-likeness (QED) is 0.461. The fourth-order valence-electron chi connectivity index (χ4n) is 2.28. The molecular formula is C16H32O3. The Morgan fingerprint density at radius 1 is 0.789 bits per heavy atom. The number of aliphatic carboxylic acids is 1. The fraction of sp³-hybridized carbons (Fsp3) is 0.938. The number of aliphatic hydroxyl groups is 1. The first-order valence-corrected chi connectivity index (χ1v) is 8.02. The maximum Gasteiger partial charge on any atom is 0.306 e. The van der Waals surface area contributed by atoms with Crippen molar-refractivity contribution in [1.29, 1.82) is 0 Å². The topological polar surface area (TPSA) is 57.5 Å². The monoisotopic (exact) mass is 272 g/mol. The van der Waals surface area contributed by atoms with Crippen LogP contribution in [0.1, 0.15) is 84.0 Å². The second kappa shape index (κ2) is 13.9. The van der Waals surface area contributed by atoms with Crippen LogP contribution in [0.5, 0.6) is 0 Å². The minimum Gasteiger partial charge on any atom is -0.481 e. The Labute approximate surface area is 118 Å². The first-order chi connectivity index (χ1) is 9.18. The van der Waals surface area contributed by atoms with Crippen molar-refractivity contribution in [2.24, 2.45) is 5.92 Å². The molecule has 114 valence electrons. The van der Waals surface area contributed by atoms with Crippen molar-refractivity contribution < 1.29 is 15.0 Å². The minimum atomic E-state index is -0.666. The van der Waals surface area contributed by atoms with Crippen molar-refractivity contribution in [1.82, 2.24) is 0 Å². The predicted molar refractivity (Wildman–Crippen MR) is 79.3 cm³/mol. The van der Waals surface area contributed by atoms with Gasteiger partial charge in [-0.15, -0.1) is 0 Å². The molecule has 0 saturated heterocycles. The minimum absolute atomic E-state index is 0.182. The Balaban J connectivity index is 3.05. The highest BCUT2D eigenvalue weighted by molar-refractivity contribution is 5.69. The molecule has 2 N–H and O–H groups in total. The van der Waals surface area contributed by atoms with E-state index in [0.29, 0.717) is 6.61 Å². The largest absolute Gasteiger partial charge is 0.481 e. The third-order valence-electron chi connectivity index (χ3n) is 3.72. The zero-order valence-electron chi connectivity index (χ0n) is 12.6. The van der Waals surface area contributed by atoms with Gasteiger partial charge in [0.1, 0.15) is 0 Å². The lowest BCUT2D eigenvalue weighted by atomic mass is 10.0. The van der Waals surface area contributed by atoms with E-state index in [2.05, 4.69) is 0 Å². The van der Waals surface area contributed by atoms with Crippen molar-refractivity contribution in [3.05, 3.63) is 0 Å². The summed E-state index contributed by atoms with van der Waals surface area (Å²) in [7, 11) is 0. The highest BCUT2D eigenvalue weighted by Gasteiger charge is 2.09. The fourth-order valence-corrected chi connectivity index (χ4v) is 2.28. The molecule has 0 amide bonds.